The van der Waals surface area contributed by atoms with Crippen LogP contribution in [-0.2, 0) is 34.2 Å². The summed E-state index contributed by atoms with van der Waals surface area (Å²) >= 11 is 0. The number of hydrogen-bond acceptors (Lipinski definition) is 3. The van der Waals surface area contributed by atoms with Gasteiger partial charge in [-0.3, -0.25) is 4.79 Å². The van der Waals surface area contributed by atoms with Gasteiger partial charge in [0, 0.05) is 6.54 Å². The van der Waals surface area contributed by atoms with Gasteiger partial charge in [0.2, 0.25) is 15.9 Å². The van der Waals surface area contributed by atoms with E-state index in [9.17, 15) is 13.2 Å². The molecular weight excluding hydrogens is 348 g/mol. The van der Waals surface area contributed by atoms with E-state index in [2.05, 4.69) is 11.4 Å². The Morgan fingerprint density at radius 2 is 1.69 bits per heavy atom. The Morgan fingerprint density at radius 1 is 1.04 bits per heavy atom. The molecular formula is C20H22N2O3S. The van der Waals surface area contributed by atoms with Crippen molar-refractivity contribution in [2.75, 3.05) is 6.26 Å². The highest BCUT2D eigenvalue weighted by Gasteiger charge is 2.38. The summed E-state index contributed by atoms with van der Waals surface area (Å²) in [4.78, 5) is 13.0. The standard InChI is InChI=1S/C20H22N2O3S/c1-26(24,25)22-13-16-8-3-2-7-15(16)12-19(22)20(23)21-18-11-10-14-6-4-5-9-17(14)18/h2-9,18-19H,10-13H2,1H3,(H,21,23). The maximum absolute atomic E-state index is 13.0. The molecule has 0 aromatic heterocycles. The van der Waals surface area contributed by atoms with Crippen molar-refractivity contribution in [2.45, 2.75) is 37.9 Å². The molecule has 2 atom stereocenters. The van der Waals surface area contributed by atoms with Gasteiger partial charge in [0.25, 0.3) is 0 Å². The van der Waals surface area contributed by atoms with E-state index >= 15 is 0 Å². The first kappa shape index (κ1) is 17.2. The van der Waals surface area contributed by atoms with Crippen LogP contribution >= 0.6 is 0 Å². The van der Waals surface area contributed by atoms with Crippen molar-refractivity contribution in [3.05, 3.63) is 70.8 Å². The lowest BCUT2D eigenvalue weighted by Gasteiger charge is -2.34. The minimum Gasteiger partial charge on any atom is -0.348 e. The number of benzene rings is 2. The Hall–Kier alpha value is -2.18. The van der Waals surface area contributed by atoms with Crippen LogP contribution in [0.1, 0.15) is 34.7 Å². The number of hydrogen-bond donors (Lipinski definition) is 1. The van der Waals surface area contributed by atoms with Gasteiger partial charge < -0.3 is 5.32 Å². The zero-order chi connectivity index (χ0) is 18.3. The predicted octanol–water partition coefficient (Wildman–Crippen LogP) is 2.18. The molecule has 1 aliphatic carbocycles. The molecule has 136 valence electrons. The Bertz CT molecular complexity index is 955. The predicted molar refractivity (Wildman–Crippen MR) is 100.0 cm³/mol. The summed E-state index contributed by atoms with van der Waals surface area (Å²) in [6.45, 7) is 0.244. The fourth-order valence-corrected chi connectivity index (χ4v) is 5.05. The van der Waals surface area contributed by atoms with Gasteiger partial charge in [-0.1, -0.05) is 48.5 Å². The van der Waals surface area contributed by atoms with Gasteiger partial charge in [-0.2, -0.15) is 4.31 Å². The van der Waals surface area contributed by atoms with Crippen LogP contribution in [-0.4, -0.2) is 30.9 Å². The van der Waals surface area contributed by atoms with Crippen molar-refractivity contribution in [2.24, 2.45) is 0 Å². The number of rotatable bonds is 3. The third kappa shape index (κ3) is 3.15. The van der Waals surface area contributed by atoms with Crippen LogP contribution in [0.2, 0.25) is 0 Å². The second kappa shape index (κ2) is 6.52. The van der Waals surface area contributed by atoms with E-state index in [0.717, 1.165) is 29.5 Å². The van der Waals surface area contributed by atoms with E-state index in [0.29, 0.717) is 6.42 Å². The average Bonchev–Trinajstić information content (AvgIpc) is 3.03. The van der Waals surface area contributed by atoms with Gasteiger partial charge in [0.15, 0.2) is 0 Å². The van der Waals surface area contributed by atoms with E-state index in [1.165, 1.54) is 16.1 Å². The van der Waals surface area contributed by atoms with E-state index in [1.54, 1.807) is 0 Å². The minimum atomic E-state index is -3.48. The lowest BCUT2D eigenvalue weighted by Crippen LogP contribution is -2.52. The molecule has 2 aromatic rings. The molecule has 0 saturated heterocycles. The van der Waals surface area contributed by atoms with Crippen molar-refractivity contribution in [3.8, 4) is 0 Å². The zero-order valence-corrected chi connectivity index (χ0v) is 15.5. The van der Waals surface area contributed by atoms with Crippen LogP contribution in [0, 0.1) is 0 Å². The Balaban J connectivity index is 1.60. The molecule has 5 nitrogen and oxygen atoms in total. The number of carbonyl (C=O) groups excluding carboxylic acids is 1. The number of fused-ring (bicyclic) bond motifs is 2. The summed E-state index contributed by atoms with van der Waals surface area (Å²) in [5.41, 5.74) is 4.40. The first-order valence-electron chi connectivity index (χ1n) is 8.85. The SMILES string of the molecule is CS(=O)(=O)N1Cc2ccccc2CC1C(=O)NC1CCc2ccccc21. The molecule has 0 saturated carbocycles. The molecule has 6 heteroatoms. The van der Waals surface area contributed by atoms with Crippen LogP contribution in [0.25, 0.3) is 0 Å². The number of sulfonamides is 1. The molecule has 2 aliphatic rings. The monoisotopic (exact) mass is 370 g/mol. The zero-order valence-electron chi connectivity index (χ0n) is 14.7. The number of amides is 1. The van der Waals surface area contributed by atoms with Gasteiger partial charge in [0.1, 0.15) is 6.04 Å². The van der Waals surface area contributed by atoms with Crippen LogP contribution in [0.15, 0.2) is 48.5 Å². The fraction of sp³-hybridized carbons (Fsp3) is 0.350. The molecule has 1 amide bonds. The average molecular weight is 370 g/mol. The Kier molecular flexibility index (Phi) is 4.32. The largest absolute Gasteiger partial charge is 0.348 e. The van der Waals surface area contributed by atoms with Crippen LogP contribution in [0.3, 0.4) is 0 Å². The number of nitrogens with one attached hydrogen (secondary N) is 1. The molecule has 0 radical (unpaired) electrons. The Labute approximate surface area is 154 Å². The number of carbonyl (C=O) groups is 1. The first-order chi connectivity index (χ1) is 12.4. The highest BCUT2D eigenvalue weighted by molar-refractivity contribution is 7.88. The quantitative estimate of drug-likeness (QED) is 0.901. The molecule has 0 bridgehead atoms. The summed E-state index contributed by atoms with van der Waals surface area (Å²) < 4.78 is 25.9. The topological polar surface area (TPSA) is 66.5 Å². The summed E-state index contributed by atoms with van der Waals surface area (Å²) in [7, 11) is -3.48. The van der Waals surface area contributed by atoms with E-state index < -0.39 is 16.1 Å². The summed E-state index contributed by atoms with van der Waals surface area (Å²) in [6.07, 6.45) is 3.37. The van der Waals surface area contributed by atoms with Gasteiger partial charge in [-0.25, -0.2) is 8.42 Å². The van der Waals surface area contributed by atoms with Crippen molar-refractivity contribution < 1.29 is 13.2 Å². The van der Waals surface area contributed by atoms with Gasteiger partial charge in [0.05, 0.1) is 12.3 Å². The van der Waals surface area contributed by atoms with E-state index in [4.69, 9.17) is 0 Å². The van der Waals surface area contributed by atoms with Crippen molar-refractivity contribution >= 4 is 15.9 Å². The molecule has 0 fully saturated rings. The van der Waals surface area contributed by atoms with Crippen molar-refractivity contribution in [1.29, 1.82) is 0 Å². The third-order valence-electron chi connectivity index (χ3n) is 5.38. The molecule has 1 N–H and O–H groups in total. The highest BCUT2D eigenvalue weighted by Crippen LogP contribution is 2.32. The van der Waals surface area contributed by atoms with Crippen LogP contribution < -0.4 is 5.32 Å². The molecule has 1 heterocycles. The highest BCUT2D eigenvalue weighted by atomic mass is 32.2. The molecule has 1 aliphatic heterocycles. The minimum absolute atomic E-state index is 0.0442. The van der Waals surface area contributed by atoms with E-state index in [-0.39, 0.29) is 18.5 Å². The van der Waals surface area contributed by atoms with Crippen LogP contribution in [0.4, 0.5) is 0 Å². The number of nitrogens with zero attached hydrogens (tertiary/aromatic N) is 1. The molecule has 0 spiro atoms. The maximum atomic E-state index is 13.0. The first-order valence-corrected chi connectivity index (χ1v) is 10.7. The third-order valence-corrected chi connectivity index (χ3v) is 6.62. The normalized spacial score (nSPS) is 22.5. The summed E-state index contributed by atoms with van der Waals surface area (Å²) in [6, 6.07) is 15.1. The van der Waals surface area contributed by atoms with Gasteiger partial charge >= 0.3 is 0 Å². The molecule has 2 unspecified atom stereocenters. The van der Waals surface area contributed by atoms with Crippen LogP contribution in [0.5, 0.6) is 0 Å². The van der Waals surface area contributed by atoms with E-state index in [1.807, 2.05) is 42.5 Å². The second-order valence-corrected chi connectivity index (χ2v) is 9.03. The van der Waals surface area contributed by atoms with Crippen molar-refractivity contribution in [1.82, 2.24) is 9.62 Å². The lowest BCUT2D eigenvalue weighted by molar-refractivity contribution is -0.126. The summed E-state index contributed by atoms with van der Waals surface area (Å²) in [5.74, 6) is -0.216. The maximum Gasteiger partial charge on any atom is 0.239 e. The second-order valence-electron chi connectivity index (χ2n) is 7.10. The van der Waals surface area contributed by atoms with Crippen molar-refractivity contribution in [3.63, 3.8) is 0 Å². The number of aryl methyl sites for hydroxylation is 1. The fourth-order valence-electron chi connectivity index (χ4n) is 4.05. The molecule has 2 aromatic carbocycles. The van der Waals surface area contributed by atoms with Gasteiger partial charge in [-0.15, -0.1) is 0 Å². The molecule has 4 rings (SSSR count). The summed E-state index contributed by atoms with van der Waals surface area (Å²) in [5, 5.41) is 3.09. The smallest absolute Gasteiger partial charge is 0.239 e. The lowest BCUT2D eigenvalue weighted by atomic mass is 9.95. The Morgan fingerprint density at radius 3 is 2.42 bits per heavy atom. The van der Waals surface area contributed by atoms with Gasteiger partial charge in [-0.05, 0) is 41.5 Å². The molecule has 26 heavy (non-hydrogen) atoms.